The van der Waals surface area contributed by atoms with Crippen LogP contribution in [0.3, 0.4) is 0 Å². The van der Waals surface area contributed by atoms with Gasteiger partial charge in [-0.05, 0) is 67.6 Å². The standard InChI is InChI=1S/C25H22F2O/c1-3-5-18-6-8-19(9-7-18)10-11-20-12-14-21(15-13-20)22-16-17-23(28-4-2)25(27)24(22)26/h6-9,12-17H,4,10-11H2,1-2H3. The molecule has 3 rings (SSSR count). The first kappa shape index (κ1) is 19.6. The van der Waals surface area contributed by atoms with Crippen LogP contribution in [0, 0.1) is 23.5 Å². The minimum atomic E-state index is -0.945. The van der Waals surface area contributed by atoms with Gasteiger partial charge in [0.25, 0.3) is 0 Å². The van der Waals surface area contributed by atoms with Crippen LogP contribution in [0.5, 0.6) is 5.75 Å². The molecule has 0 spiro atoms. The highest BCUT2D eigenvalue weighted by Gasteiger charge is 2.15. The summed E-state index contributed by atoms with van der Waals surface area (Å²) in [7, 11) is 0. The van der Waals surface area contributed by atoms with Gasteiger partial charge in [0.05, 0.1) is 6.61 Å². The molecule has 3 aromatic carbocycles. The van der Waals surface area contributed by atoms with E-state index in [9.17, 15) is 8.78 Å². The first-order valence-corrected chi connectivity index (χ1v) is 9.34. The molecule has 0 heterocycles. The first-order chi connectivity index (χ1) is 13.6. The largest absolute Gasteiger partial charge is 0.491 e. The monoisotopic (exact) mass is 376 g/mol. The predicted octanol–water partition coefficient (Wildman–Crippen LogP) is 6.19. The number of halogens is 2. The summed E-state index contributed by atoms with van der Waals surface area (Å²) in [5.41, 5.74) is 4.28. The number of ether oxygens (including phenoxy) is 1. The summed E-state index contributed by atoms with van der Waals surface area (Å²) in [5.74, 6) is 4.04. The van der Waals surface area contributed by atoms with Crippen LogP contribution in [-0.2, 0) is 12.8 Å². The molecule has 0 radical (unpaired) electrons. The molecule has 0 fully saturated rings. The number of rotatable bonds is 6. The van der Waals surface area contributed by atoms with Gasteiger partial charge in [0, 0.05) is 11.1 Å². The molecule has 0 aliphatic carbocycles. The molecular weight excluding hydrogens is 354 g/mol. The van der Waals surface area contributed by atoms with Crippen LogP contribution in [0.4, 0.5) is 8.78 Å². The van der Waals surface area contributed by atoms with Gasteiger partial charge < -0.3 is 4.74 Å². The van der Waals surface area contributed by atoms with Crippen molar-refractivity contribution in [2.24, 2.45) is 0 Å². The third-order valence-electron chi connectivity index (χ3n) is 4.54. The lowest BCUT2D eigenvalue weighted by Crippen LogP contribution is -1.98. The Morgan fingerprint density at radius 3 is 1.96 bits per heavy atom. The van der Waals surface area contributed by atoms with Crippen LogP contribution in [0.25, 0.3) is 11.1 Å². The Labute approximate surface area is 165 Å². The van der Waals surface area contributed by atoms with Gasteiger partial charge in [-0.2, -0.15) is 4.39 Å². The number of hydrogen-bond donors (Lipinski definition) is 0. The predicted molar refractivity (Wildman–Crippen MR) is 109 cm³/mol. The fourth-order valence-electron chi connectivity index (χ4n) is 3.06. The highest BCUT2D eigenvalue weighted by atomic mass is 19.2. The van der Waals surface area contributed by atoms with Crippen molar-refractivity contribution in [2.75, 3.05) is 6.61 Å². The normalized spacial score (nSPS) is 10.3. The molecule has 0 amide bonds. The quantitative estimate of drug-likeness (QED) is 0.466. The minimum Gasteiger partial charge on any atom is -0.491 e. The summed E-state index contributed by atoms with van der Waals surface area (Å²) in [6, 6.07) is 18.8. The van der Waals surface area contributed by atoms with Crippen LogP contribution >= 0.6 is 0 Å². The fraction of sp³-hybridized carbons (Fsp3) is 0.200. The average molecular weight is 376 g/mol. The molecule has 0 N–H and O–H groups in total. The minimum absolute atomic E-state index is 0.0590. The van der Waals surface area contributed by atoms with E-state index in [0.717, 1.165) is 24.0 Å². The second kappa shape index (κ2) is 9.19. The smallest absolute Gasteiger partial charge is 0.201 e. The number of hydrogen-bond acceptors (Lipinski definition) is 1. The maximum Gasteiger partial charge on any atom is 0.201 e. The Morgan fingerprint density at radius 1 is 0.786 bits per heavy atom. The van der Waals surface area contributed by atoms with Crippen LogP contribution < -0.4 is 4.74 Å². The molecule has 0 saturated heterocycles. The molecule has 0 saturated carbocycles. The van der Waals surface area contributed by atoms with Gasteiger partial charge in [0.15, 0.2) is 11.6 Å². The Hall–Kier alpha value is -3.12. The van der Waals surface area contributed by atoms with Crippen molar-refractivity contribution < 1.29 is 13.5 Å². The summed E-state index contributed by atoms with van der Waals surface area (Å²) >= 11 is 0. The van der Waals surface area contributed by atoms with Gasteiger partial charge in [-0.25, -0.2) is 4.39 Å². The summed E-state index contributed by atoms with van der Waals surface area (Å²) in [6.07, 6.45) is 1.78. The van der Waals surface area contributed by atoms with E-state index >= 15 is 0 Å². The van der Waals surface area contributed by atoms with E-state index in [1.807, 2.05) is 43.3 Å². The van der Waals surface area contributed by atoms with E-state index in [2.05, 4.69) is 24.0 Å². The van der Waals surface area contributed by atoms with Gasteiger partial charge >= 0.3 is 0 Å². The second-order valence-electron chi connectivity index (χ2n) is 6.44. The third kappa shape index (κ3) is 4.58. The highest BCUT2D eigenvalue weighted by Crippen LogP contribution is 2.30. The summed E-state index contributed by atoms with van der Waals surface area (Å²) < 4.78 is 33.6. The zero-order chi connectivity index (χ0) is 19.9. The Bertz CT molecular complexity index is 994. The van der Waals surface area contributed by atoms with Crippen molar-refractivity contribution in [1.29, 1.82) is 0 Å². The molecule has 1 nitrogen and oxygen atoms in total. The molecule has 3 aromatic rings. The Kier molecular flexibility index (Phi) is 6.45. The van der Waals surface area contributed by atoms with Crippen molar-refractivity contribution in [3.8, 4) is 28.7 Å². The van der Waals surface area contributed by atoms with Crippen LogP contribution in [-0.4, -0.2) is 6.61 Å². The number of benzene rings is 3. The van der Waals surface area contributed by atoms with Gasteiger partial charge in [-0.15, -0.1) is 5.92 Å². The van der Waals surface area contributed by atoms with Crippen LogP contribution in [0.2, 0.25) is 0 Å². The van der Waals surface area contributed by atoms with Gasteiger partial charge in [-0.1, -0.05) is 42.3 Å². The highest BCUT2D eigenvalue weighted by molar-refractivity contribution is 5.65. The lowest BCUT2D eigenvalue weighted by atomic mass is 9.99. The Balaban J connectivity index is 1.69. The molecule has 0 aromatic heterocycles. The van der Waals surface area contributed by atoms with E-state index < -0.39 is 11.6 Å². The summed E-state index contributed by atoms with van der Waals surface area (Å²) in [5, 5.41) is 0. The Morgan fingerprint density at radius 2 is 1.39 bits per heavy atom. The van der Waals surface area contributed by atoms with Crippen molar-refractivity contribution >= 4 is 0 Å². The lowest BCUT2D eigenvalue weighted by molar-refractivity contribution is 0.314. The first-order valence-electron chi connectivity index (χ1n) is 9.34. The lowest BCUT2D eigenvalue weighted by Gasteiger charge is -2.10. The maximum atomic E-state index is 14.4. The zero-order valence-electron chi connectivity index (χ0n) is 16.1. The molecular formula is C25H22F2O. The maximum absolute atomic E-state index is 14.4. The van der Waals surface area contributed by atoms with E-state index in [-0.39, 0.29) is 11.3 Å². The van der Waals surface area contributed by atoms with Crippen LogP contribution in [0.15, 0.2) is 60.7 Å². The third-order valence-corrected chi connectivity index (χ3v) is 4.54. The molecule has 3 heteroatoms. The SMILES string of the molecule is CC#Cc1ccc(CCc2ccc(-c3ccc(OCC)c(F)c3F)cc2)cc1. The fourth-order valence-corrected chi connectivity index (χ4v) is 3.06. The van der Waals surface area contributed by atoms with Crippen LogP contribution in [0.1, 0.15) is 30.5 Å². The van der Waals surface area contributed by atoms with Crippen molar-refractivity contribution in [3.05, 3.63) is 89.0 Å². The summed E-state index contributed by atoms with van der Waals surface area (Å²) in [4.78, 5) is 0. The van der Waals surface area contributed by atoms with Gasteiger partial charge in [-0.3, -0.25) is 0 Å². The van der Waals surface area contributed by atoms with Crippen molar-refractivity contribution in [2.45, 2.75) is 26.7 Å². The van der Waals surface area contributed by atoms with Crippen molar-refractivity contribution in [3.63, 3.8) is 0 Å². The average Bonchev–Trinajstić information content (AvgIpc) is 2.72. The molecule has 28 heavy (non-hydrogen) atoms. The topological polar surface area (TPSA) is 9.23 Å². The van der Waals surface area contributed by atoms with E-state index in [0.29, 0.717) is 12.2 Å². The molecule has 0 bridgehead atoms. The summed E-state index contributed by atoms with van der Waals surface area (Å²) in [6.45, 7) is 3.85. The van der Waals surface area contributed by atoms with E-state index in [1.54, 1.807) is 13.0 Å². The second-order valence-corrected chi connectivity index (χ2v) is 6.44. The van der Waals surface area contributed by atoms with E-state index in [4.69, 9.17) is 4.74 Å². The van der Waals surface area contributed by atoms with E-state index in [1.165, 1.54) is 11.6 Å². The molecule has 0 atom stereocenters. The zero-order valence-corrected chi connectivity index (χ0v) is 16.1. The molecule has 0 unspecified atom stereocenters. The molecule has 142 valence electrons. The van der Waals surface area contributed by atoms with Gasteiger partial charge in [0.2, 0.25) is 5.82 Å². The molecule has 0 aliphatic rings. The molecule has 0 aliphatic heterocycles. The van der Waals surface area contributed by atoms with Crippen molar-refractivity contribution in [1.82, 2.24) is 0 Å². The van der Waals surface area contributed by atoms with Gasteiger partial charge in [0.1, 0.15) is 0 Å². The number of aryl methyl sites for hydroxylation is 2.